The molecule has 0 aromatic carbocycles. The van der Waals surface area contributed by atoms with Gasteiger partial charge in [-0.1, -0.05) is 0 Å². The number of hydrogen-bond acceptors (Lipinski definition) is 3. The molecule has 1 N–H and O–H groups in total. The fourth-order valence-corrected chi connectivity index (χ4v) is 2.65. The van der Waals surface area contributed by atoms with Crippen molar-refractivity contribution in [3.63, 3.8) is 0 Å². The fourth-order valence-electron chi connectivity index (χ4n) is 2.32. The second-order valence-corrected chi connectivity index (χ2v) is 5.18. The van der Waals surface area contributed by atoms with Gasteiger partial charge in [-0.25, -0.2) is 13.8 Å². The molecule has 3 nitrogen and oxygen atoms in total. The van der Waals surface area contributed by atoms with E-state index in [-0.39, 0.29) is 11.7 Å². The van der Waals surface area contributed by atoms with E-state index in [0.717, 1.165) is 0 Å². The Bertz CT molecular complexity index is 473. The smallest absolute Gasteiger partial charge is 0.263 e. The molecule has 0 radical (unpaired) electrons. The van der Waals surface area contributed by atoms with E-state index in [0.29, 0.717) is 10.9 Å². The summed E-state index contributed by atoms with van der Waals surface area (Å²) in [6.07, 6.45) is -1.26. The SMILES string of the molecule is Fc1ncc(Br)cc1[C@@]1(C(F)F)NO[C@@H]2C[C@@H]21. The summed E-state index contributed by atoms with van der Waals surface area (Å²) < 4.78 is 40.8. The molecule has 3 rings (SSSR count). The number of fused-ring (bicyclic) bond motifs is 1. The quantitative estimate of drug-likeness (QED) is 0.852. The van der Waals surface area contributed by atoms with Gasteiger partial charge >= 0.3 is 0 Å². The molecule has 2 heterocycles. The first kappa shape index (κ1) is 11.4. The van der Waals surface area contributed by atoms with Crippen LogP contribution in [0.1, 0.15) is 12.0 Å². The van der Waals surface area contributed by atoms with Crippen molar-refractivity contribution in [2.45, 2.75) is 24.5 Å². The highest BCUT2D eigenvalue weighted by Gasteiger charge is 2.66. The third-order valence-electron chi connectivity index (χ3n) is 3.29. The minimum absolute atomic E-state index is 0.146. The Balaban J connectivity index is 2.13. The molecule has 1 saturated heterocycles. The minimum Gasteiger partial charge on any atom is -0.297 e. The molecule has 7 heteroatoms. The van der Waals surface area contributed by atoms with Crippen molar-refractivity contribution in [3.05, 3.63) is 28.2 Å². The summed E-state index contributed by atoms with van der Waals surface area (Å²) in [6, 6.07) is 1.32. The summed E-state index contributed by atoms with van der Waals surface area (Å²) in [5.74, 6) is -1.29. The molecule has 1 aromatic heterocycles. The van der Waals surface area contributed by atoms with Crippen molar-refractivity contribution < 1.29 is 18.0 Å². The molecule has 2 aliphatic rings. The first-order valence-corrected chi connectivity index (χ1v) is 5.87. The highest BCUT2D eigenvalue weighted by molar-refractivity contribution is 9.10. The van der Waals surface area contributed by atoms with Gasteiger partial charge in [0.1, 0.15) is 5.54 Å². The van der Waals surface area contributed by atoms with Gasteiger partial charge in [-0.05, 0) is 28.4 Å². The molecule has 0 spiro atoms. The number of alkyl halides is 2. The molecule has 1 aliphatic carbocycles. The summed E-state index contributed by atoms with van der Waals surface area (Å²) in [6.45, 7) is 0. The summed E-state index contributed by atoms with van der Waals surface area (Å²) in [5.41, 5.74) is 0.384. The lowest BCUT2D eigenvalue weighted by molar-refractivity contribution is -0.0570. The van der Waals surface area contributed by atoms with Crippen LogP contribution in [0.25, 0.3) is 0 Å². The fraction of sp³-hybridized carbons (Fsp3) is 0.500. The van der Waals surface area contributed by atoms with Crippen LogP contribution in [0, 0.1) is 11.9 Å². The van der Waals surface area contributed by atoms with E-state index in [1.807, 2.05) is 0 Å². The molecule has 2 fully saturated rings. The van der Waals surface area contributed by atoms with Gasteiger partial charge in [-0.3, -0.25) is 4.84 Å². The number of halogens is 4. The van der Waals surface area contributed by atoms with Crippen molar-refractivity contribution >= 4 is 15.9 Å². The van der Waals surface area contributed by atoms with Crippen LogP contribution in [-0.4, -0.2) is 17.5 Å². The number of hydrogen-bond donors (Lipinski definition) is 1. The number of rotatable bonds is 2. The van der Waals surface area contributed by atoms with Crippen LogP contribution >= 0.6 is 15.9 Å². The lowest BCUT2D eigenvalue weighted by atomic mass is 9.87. The normalized spacial score (nSPS) is 35.1. The zero-order chi connectivity index (χ0) is 12.2. The van der Waals surface area contributed by atoms with Crippen LogP contribution in [0.15, 0.2) is 16.7 Å². The van der Waals surface area contributed by atoms with Gasteiger partial charge in [-0.15, -0.1) is 0 Å². The van der Waals surface area contributed by atoms with E-state index < -0.39 is 23.8 Å². The van der Waals surface area contributed by atoms with E-state index in [2.05, 4.69) is 26.4 Å². The monoisotopic (exact) mass is 308 g/mol. The largest absolute Gasteiger partial charge is 0.297 e. The molecular formula is C10H8BrF3N2O. The van der Waals surface area contributed by atoms with Gasteiger partial charge in [0, 0.05) is 22.2 Å². The average molecular weight is 309 g/mol. The van der Waals surface area contributed by atoms with Crippen molar-refractivity contribution in [2.24, 2.45) is 5.92 Å². The Morgan fingerprint density at radius 1 is 1.59 bits per heavy atom. The van der Waals surface area contributed by atoms with Crippen LogP contribution in [0.5, 0.6) is 0 Å². The zero-order valence-electron chi connectivity index (χ0n) is 8.46. The Morgan fingerprint density at radius 2 is 2.35 bits per heavy atom. The number of nitrogens with one attached hydrogen (secondary N) is 1. The summed E-state index contributed by atoms with van der Waals surface area (Å²) in [7, 11) is 0. The van der Waals surface area contributed by atoms with Crippen molar-refractivity contribution in [1.82, 2.24) is 10.5 Å². The maximum atomic E-state index is 13.7. The molecule has 17 heavy (non-hydrogen) atoms. The third kappa shape index (κ3) is 1.52. The minimum atomic E-state index is -2.76. The standard InChI is InChI=1S/C10H8BrF3N2O/c11-4-1-6(8(12)15-3-4)10(9(13)14)5-2-7(5)17-16-10/h1,3,5,7,9,16H,2H2/t5-,7+,10-/m0/s1. The van der Waals surface area contributed by atoms with Gasteiger partial charge < -0.3 is 0 Å². The molecule has 0 bridgehead atoms. The van der Waals surface area contributed by atoms with Gasteiger partial charge in [0.2, 0.25) is 5.95 Å². The van der Waals surface area contributed by atoms with Crippen LogP contribution < -0.4 is 5.48 Å². The first-order chi connectivity index (χ1) is 8.05. The van der Waals surface area contributed by atoms with Crippen LogP contribution in [0.3, 0.4) is 0 Å². The van der Waals surface area contributed by atoms with E-state index in [1.165, 1.54) is 12.3 Å². The zero-order valence-corrected chi connectivity index (χ0v) is 10.0. The molecule has 1 saturated carbocycles. The summed E-state index contributed by atoms with van der Waals surface area (Å²) in [5, 5.41) is 0. The number of pyridine rings is 1. The highest BCUT2D eigenvalue weighted by Crippen LogP contribution is 2.55. The van der Waals surface area contributed by atoms with Gasteiger partial charge in [-0.2, -0.15) is 9.87 Å². The Labute approximate surface area is 103 Å². The maximum absolute atomic E-state index is 13.7. The van der Waals surface area contributed by atoms with E-state index in [1.54, 1.807) is 0 Å². The van der Waals surface area contributed by atoms with Gasteiger partial charge in [0.05, 0.1) is 6.10 Å². The average Bonchev–Trinajstić information content (AvgIpc) is 2.97. The molecule has 3 atom stereocenters. The van der Waals surface area contributed by atoms with Crippen LogP contribution in [0.4, 0.5) is 13.2 Å². The maximum Gasteiger partial charge on any atom is 0.263 e. The Kier molecular flexibility index (Phi) is 2.46. The highest BCUT2D eigenvalue weighted by atomic mass is 79.9. The van der Waals surface area contributed by atoms with Crippen molar-refractivity contribution in [3.8, 4) is 0 Å². The summed E-state index contributed by atoms with van der Waals surface area (Å²) in [4.78, 5) is 8.47. The van der Waals surface area contributed by atoms with E-state index in [4.69, 9.17) is 4.84 Å². The first-order valence-electron chi connectivity index (χ1n) is 5.08. The lowest BCUT2D eigenvalue weighted by Gasteiger charge is -2.29. The van der Waals surface area contributed by atoms with Crippen molar-refractivity contribution in [1.29, 1.82) is 0 Å². The second-order valence-electron chi connectivity index (χ2n) is 4.26. The lowest BCUT2D eigenvalue weighted by Crippen LogP contribution is -2.47. The van der Waals surface area contributed by atoms with Crippen molar-refractivity contribution in [2.75, 3.05) is 0 Å². The van der Waals surface area contributed by atoms with Gasteiger partial charge in [0.25, 0.3) is 6.43 Å². The molecule has 1 aromatic rings. The van der Waals surface area contributed by atoms with Gasteiger partial charge in [0.15, 0.2) is 0 Å². The molecule has 1 aliphatic heterocycles. The Morgan fingerprint density at radius 3 is 2.88 bits per heavy atom. The number of hydroxylamine groups is 1. The molecule has 92 valence electrons. The molecular weight excluding hydrogens is 301 g/mol. The topological polar surface area (TPSA) is 34.2 Å². The molecule has 0 unspecified atom stereocenters. The van der Waals surface area contributed by atoms with E-state index in [9.17, 15) is 13.2 Å². The summed E-state index contributed by atoms with van der Waals surface area (Å²) >= 11 is 3.11. The molecule has 0 amide bonds. The number of nitrogens with zero attached hydrogens (tertiary/aromatic N) is 1. The predicted molar refractivity (Wildman–Crippen MR) is 55.7 cm³/mol. The second kappa shape index (κ2) is 3.66. The third-order valence-corrected chi connectivity index (χ3v) is 3.73. The Hall–Kier alpha value is -0.660. The van der Waals surface area contributed by atoms with Crippen LogP contribution in [0.2, 0.25) is 0 Å². The van der Waals surface area contributed by atoms with E-state index >= 15 is 0 Å². The van der Waals surface area contributed by atoms with Crippen LogP contribution in [-0.2, 0) is 10.4 Å². The number of aromatic nitrogens is 1. The predicted octanol–water partition coefficient (Wildman–Crippen LogP) is 2.37.